The van der Waals surface area contributed by atoms with Gasteiger partial charge in [0.1, 0.15) is 5.75 Å². The van der Waals surface area contributed by atoms with Crippen molar-refractivity contribution in [3.05, 3.63) is 27.3 Å². The predicted molar refractivity (Wildman–Crippen MR) is 90.1 cm³/mol. The number of likely N-dealkylation sites (N-methyl/N-ethyl adjacent to an activating group) is 1. The number of carbonyl (C=O) groups excluding carboxylic acids is 1. The summed E-state index contributed by atoms with van der Waals surface area (Å²) in [6, 6.07) is 5.10. The van der Waals surface area contributed by atoms with E-state index in [1.165, 1.54) is 6.07 Å². The molecule has 1 amide bonds. The number of amides is 1. The fraction of sp³-hybridized carbons (Fsp3) is 0.533. The van der Waals surface area contributed by atoms with Crippen molar-refractivity contribution in [2.75, 3.05) is 20.6 Å². The van der Waals surface area contributed by atoms with Gasteiger partial charge in [-0.1, -0.05) is 13.8 Å². The minimum atomic E-state index is -0.135. The molecule has 0 fully saturated rings. The first-order valence-electron chi connectivity index (χ1n) is 6.73. The highest BCUT2D eigenvalue weighted by atomic mass is 127. The average molecular weight is 390 g/mol. The SMILES string of the molecule is CC(C)CC(CN(C)C)NC(=O)c1ccc(I)c(O)c1. The van der Waals surface area contributed by atoms with E-state index >= 15 is 0 Å². The van der Waals surface area contributed by atoms with E-state index in [1.54, 1.807) is 12.1 Å². The Morgan fingerprint density at radius 3 is 2.55 bits per heavy atom. The van der Waals surface area contributed by atoms with Crippen LogP contribution >= 0.6 is 22.6 Å². The third-order valence-electron chi connectivity index (χ3n) is 2.88. The summed E-state index contributed by atoms with van der Waals surface area (Å²) in [5, 5.41) is 12.7. The van der Waals surface area contributed by atoms with E-state index in [1.807, 2.05) is 36.7 Å². The fourth-order valence-corrected chi connectivity index (χ4v) is 2.45. The van der Waals surface area contributed by atoms with Gasteiger partial charge < -0.3 is 15.3 Å². The Labute approximate surface area is 134 Å². The van der Waals surface area contributed by atoms with Gasteiger partial charge in [-0.2, -0.15) is 0 Å². The van der Waals surface area contributed by atoms with Gasteiger partial charge in [-0.25, -0.2) is 0 Å². The molecule has 0 bridgehead atoms. The Hall–Kier alpha value is -0.820. The molecule has 0 heterocycles. The van der Waals surface area contributed by atoms with E-state index in [4.69, 9.17) is 0 Å². The van der Waals surface area contributed by atoms with E-state index in [-0.39, 0.29) is 17.7 Å². The van der Waals surface area contributed by atoms with Crippen LogP contribution in [0.3, 0.4) is 0 Å². The minimum absolute atomic E-state index is 0.110. The molecule has 20 heavy (non-hydrogen) atoms. The maximum atomic E-state index is 12.2. The van der Waals surface area contributed by atoms with Gasteiger partial charge in [0.25, 0.3) is 5.91 Å². The van der Waals surface area contributed by atoms with E-state index in [0.29, 0.717) is 11.5 Å². The number of hydrogen-bond acceptors (Lipinski definition) is 3. The maximum Gasteiger partial charge on any atom is 0.251 e. The molecular formula is C15H23IN2O2. The second-order valence-corrected chi connectivity index (χ2v) is 6.89. The molecule has 0 aliphatic heterocycles. The largest absolute Gasteiger partial charge is 0.507 e. The van der Waals surface area contributed by atoms with Crippen molar-refractivity contribution in [3.8, 4) is 5.75 Å². The van der Waals surface area contributed by atoms with Gasteiger partial charge in [0.05, 0.1) is 3.57 Å². The third kappa shape index (κ3) is 5.66. The number of rotatable bonds is 6. The Morgan fingerprint density at radius 2 is 2.05 bits per heavy atom. The molecule has 1 aromatic rings. The number of halogens is 1. The highest BCUT2D eigenvalue weighted by Crippen LogP contribution is 2.20. The molecule has 0 spiro atoms. The number of hydrogen-bond donors (Lipinski definition) is 2. The zero-order valence-corrected chi connectivity index (χ0v) is 14.6. The molecule has 0 aromatic heterocycles. The Balaban J connectivity index is 2.76. The quantitative estimate of drug-likeness (QED) is 0.735. The standard InChI is InChI=1S/C15H23IN2O2/c1-10(2)7-12(9-18(3)4)17-15(20)11-5-6-13(16)14(19)8-11/h5-6,8,10,12,19H,7,9H2,1-4H3,(H,17,20). The van der Waals surface area contributed by atoms with Crippen LogP contribution in [-0.2, 0) is 0 Å². The Morgan fingerprint density at radius 1 is 1.40 bits per heavy atom. The van der Waals surface area contributed by atoms with Crippen LogP contribution in [0.1, 0.15) is 30.6 Å². The van der Waals surface area contributed by atoms with Crippen molar-refractivity contribution in [2.24, 2.45) is 5.92 Å². The van der Waals surface area contributed by atoms with Crippen molar-refractivity contribution in [1.82, 2.24) is 10.2 Å². The van der Waals surface area contributed by atoms with E-state index in [0.717, 1.165) is 16.5 Å². The average Bonchev–Trinajstić information content (AvgIpc) is 2.30. The lowest BCUT2D eigenvalue weighted by molar-refractivity contribution is 0.0924. The highest BCUT2D eigenvalue weighted by molar-refractivity contribution is 14.1. The Kier molecular flexibility index (Phi) is 6.75. The van der Waals surface area contributed by atoms with Crippen molar-refractivity contribution >= 4 is 28.5 Å². The van der Waals surface area contributed by atoms with E-state index in [9.17, 15) is 9.90 Å². The number of aromatic hydroxyl groups is 1. The smallest absolute Gasteiger partial charge is 0.251 e. The van der Waals surface area contributed by atoms with Gasteiger partial charge in [-0.15, -0.1) is 0 Å². The van der Waals surface area contributed by atoms with Gasteiger partial charge in [-0.05, 0) is 67.2 Å². The van der Waals surface area contributed by atoms with Crippen LogP contribution in [0.4, 0.5) is 0 Å². The van der Waals surface area contributed by atoms with Crippen LogP contribution in [0.5, 0.6) is 5.75 Å². The first kappa shape index (κ1) is 17.2. The van der Waals surface area contributed by atoms with Gasteiger partial charge in [0.15, 0.2) is 0 Å². The van der Waals surface area contributed by atoms with Crippen molar-refractivity contribution < 1.29 is 9.90 Å². The maximum absolute atomic E-state index is 12.2. The number of benzene rings is 1. The first-order valence-corrected chi connectivity index (χ1v) is 7.81. The lowest BCUT2D eigenvalue weighted by Gasteiger charge is -2.24. The molecule has 1 aromatic carbocycles. The fourth-order valence-electron chi connectivity index (χ4n) is 2.11. The topological polar surface area (TPSA) is 52.6 Å². The van der Waals surface area contributed by atoms with Crippen molar-refractivity contribution in [2.45, 2.75) is 26.3 Å². The number of phenols is 1. The molecule has 0 radical (unpaired) electrons. The summed E-state index contributed by atoms with van der Waals surface area (Å²) in [4.78, 5) is 14.3. The zero-order chi connectivity index (χ0) is 15.3. The molecule has 4 nitrogen and oxygen atoms in total. The summed E-state index contributed by atoms with van der Waals surface area (Å²) in [7, 11) is 3.99. The second-order valence-electron chi connectivity index (χ2n) is 5.73. The highest BCUT2D eigenvalue weighted by Gasteiger charge is 2.16. The van der Waals surface area contributed by atoms with Crippen molar-refractivity contribution in [3.63, 3.8) is 0 Å². The van der Waals surface area contributed by atoms with Gasteiger partial charge in [0, 0.05) is 18.2 Å². The van der Waals surface area contributed by atoms with Crippen LogP contribution in [0, 0.1) is 9.49 Å². The third-order valence-corrected chi connectivity index (χ3v) is 3.80. The molecule has 0 saturated carbocycles. The van der Waals surface area contributed by atoms with Crippen LogP contribution in [-0.4, -0.2) is 42.6 Å². The molecule has 112 valence electrons. The minimum Gasteiger partial charge on any atom is -0.507 e. The summed E-state index contributed by atoms with van der Waals surface area (Å²) < 4.78 is 0.742. The number of carbonyl (C=O) groups is 1. The lowest BCUT2D eigenvalue weighted by Crippen LogP contribution is -2.42. The number of nitrogens with zero attached hydrogens (tertiary/aromatic N) is 1. The molecule has 1 unspecified atom stereocenters. The van der Waals surface area contributed by atoms with Gasteiger partial charge in [0.2, 0.25) is 0 Å². The Bertz CT molecular complexity index is 451. The summed E-state index contributed by atoms with van der Waals surface area (Å²) >= 11 is 2.03. The summed E-state index contributed by atoms with van der Waals surface area (Å²) in [5.41, 5.74) is 0.496. The monoisotopic (exact) mass is 390 g/mol. The predicted octanol–water partition coefficient (Wildman–Crippen LogP) is 2.70. The van der Waals surface area contributed by atoms with E-state index < -0.39 is 0 Å². The van der Waals surface area contributed by atoms with Gasteiger partial charge >= 0.3 is 0 Å². The normalized spacial score (nSPS) is 12.8. The molecule has 0 saturated heterocycles. The van der Waals surface area contributed by atoms with Crippen LogP contribution in [0.15, 0.2) is 18.2 Å². The van der Waals surface area contributed by atoms with Gasteiger partial charge in [-0.3, -0.25) is 4.79 Å². The molecule has 0 aliphatic rings. The lowest BCUT2D eigenvalue weighted by atomic mass is 10.0. The molecular weight excluding hydrogens is 367 g/mol. The summed E-state index contributed by atoms with van der Waals surface area (Å²) in [6.45, 7) is 5.09. The zero-order valence-electron chi connectivity index (χ0n) is 12.5. The van der Waals surface area contributed by atoms with E-state index in [2.05, 4.69) is 24.1 Å². The number of nitrogens with one attached hydrogen (secondary N) is 1. The van der Waals surface area contributed by atoms with Crippen LogP contribution < -0.4 is 5.32 Å². The number of phenolic OH excluding ortho intramolecular Hbond substituents is 1. The second kappa shape index (κ2) is 7.83. The molecule has 2 N–H and O–H groups in total. The molecule has 0 aliphatic carbocycles. The molecule has 1 atom stereocenters. The summed E-state index contributed by atoms with van der Waals surface area (Å²) in [6.07, 6.45) is 0.931. The molecule has 1 rings (SSSR count). The van der Waals surface area contributed by atoms with Crippen LogP contribution in [0.2, 0.25) is 0 Å². The molecule has 5 heteroatoms. The van der Waals surface area contributed by atoms with Crippen molar-refractivity contribution in [1.29, 1.82) is 0 Å². The summed E-state index contributed by atoms with van der Waals surface area (Å²) in [5.74, 6) is 0.529. The van der Waals surface area contributed by atoms with Crippen LogP contribution in [0.25, 0.3) is 0 Å². The first-order chi connectivity index (χ1) is 9.29.